The maximum Gasteiger partial charge on any atom is 0.0823 e. The summed E-state index contributed by atoms with van der Waals surface area (Å²) in [7, 11) is 0. The Labute approximate surface area is 60.4 Å². The second-order valence-electron chi connectivity index (χ2n) is 1.16. The van der Waals surface area contributed by atoms with E-state index in [4.69, 9.17) is 0 Å². The highest BCUT2D eigenvalue weighted by molar-refractivity contribution is 8.03. The van der Waals surface area contributed by atoms with Crippen LogP contribution in [0.3, 0.4) is 0 Å². The molecule has 0 saturated carbocycles. The van der Waals surface area contributed by atoms with E-state index in [1.165, 1.54) is 0 Å². The van der Waals surface area contributed by atoms with Crippen molar-refractivity contribution in [3.8, 4) is 0 Å². The molecular formula is C6H12N2S. The highest BCUT2D eigenvalue weighted by Gasteiger charge is 1.93. The van der Waals surface area contributed by atoms with Crippen LogP contribution in [0.4, 0.5) is 0 Å². The fourth-order valence-corrected chi connectivity index (χ4v) is 0.793. The molecule has 0 fully saturated rings. The second kappa shape index (κ2) is 5.69. The van der Waals surface area contributed by atoms with Crippen molar-refractivity contribution >= 4 is 18.0 Å². The second-order valence-corrected chi connectivity index (χ2v) is 2.27. The highest BCUT2D eigenvalue weighted by atomic mass is 32.2. The molecule has 0 spiro atoms. The van der Waals surface area contributed by atoms with Crippen LogP contribution in [0.1, 0.15) is 13.8 Å². The third kappa shape index (κ3) is 4.09. The fraction of sp³-hybridized carbons (Fsp3) is 0.500. The predicted molar refractivity (Wildman–Crippen MR) is 44.6 cm³/mol. The highest BCUT2D eigenvalue weighted by Crippen LogP contribution is 2.10. The van der Waals surface area contributed by atoms with E-state index in [9.17, 15) is 0 Å². The van der Waals surface area contributed by atoms with Gasteiger partial charge in [0.25, 0.3) is 0 Å². The number of hydrogen-bond acceptors (Lipinski definition) is 3. The fourth-order valence-electron chi connectivity index (χ4n) is 0.325. The number of hydrogen-bond donors (Lipinski definition) is 1. The van der Waals surface area contributed by atoms with Crippen LogP contribution in [0, 0.1) is 0 Å². The molecule has 3 heteroatoms. The van der Waals surface area contributed by atoms with Gasteiger partial charge < -0.3 is 0 Å². The first-order chi connectivity index (χ1) is 4.39. The Bertz CT molecular complexity index is 110. The standard InChI is InChI=1S/C4H6N2S.C2H6/c1-4-6-5-2-3-7-4;1-2/h2,6H,1,3H2;1-2H3. The quantitative estimate of drug-likeness (QED) is 0.560. The molecule has 0 amide bonds. The molecule has 0 aromatic heterocycles. The third-order valence-electron chi connectivity index (χ3n) is 0.613. The Morgan fingerprint density at radius 1 is 1.78 bits per heavy atom. The summed E-state index contributed by atoms with van der Waals surface area (Å²) in [6.45, 7) is 7.65. The number of nitrogens with zero attached hydrogens (tertiary/aromatic N) is 1. The summed E-state index contributed by atoms with van der Waals surface area (Å²) in [5.41, 5.74) is 2.72. The molecule has 0 radical (unpaired) electrons. The molecule has 9 heavy (non-hydrogen) atoms. The van der Waals surface area contributed by atoms with Gasteiger partial charge in [-0.25, -0.2) is 0 Å². The molecule has 0 bridgehead atoms. The van der Waals surface area contributed by atoms with E-state index in [0.29, 0.717) is 0 Å². The summed E-state index contributed by atoms with van der Waals surface area (Å²) in [5.74, 6) is 0.950. The molecule has 1 rings (SSSR count). The van der Waals surface area contributed by atoms with Crippen molar-refractivity contribution in [1.29, 1.82) is 0 Å². The van der Waals surface area contributed by atoms with E-state index >= 15 is 0 Å². The molecule has 0 saturated heterocycles. The van der Waals surface area contributed by atoms with Crippen LogP contribution in [0.15, 0.2) is 16.7 Å². The van der Waals surface area contributed by atoms with Crippen LogP contribution >= 0.6 is 11.8 Å². The van der Waals surface area contributed by atoms with E-state index < -0.39 is 0 Å². The Balaban J connectivity index is 0.000000291. The van der Waals surface area contributed by atoms with Gasteiger partial charge in [-0.2, -0.15) is 5.10 Å². The van der Waals surface area contributed by atoms with Gasteiger partial charge in [0.1, 0.15) is 0 Å². The number of rotatable bonds is 0. The average molecular weight is 144 g/mol. The largest absolute Gasteiger partial charge is 0.273 e. The molecule has 1 aliphatic rings. The lowest BCUT2D eigenvalue weighted by Gasteiger charge is -2.04. The summed E-state index contributed by atoms with van der Waals surface area (Å²) >= 11 is 1.66. The first kappa shape index (κ1) is 8.56. The molecule has 1 heterocycles. The summed E-state index contributed by atoms with van der Waals surface area (Å²) in [6.07, 6.45) is 1.82. The summed E-state index contributed by atoms with van der Waals surface area (Å²) in [5, 5.41) is 4.70. The monoisotopic (exact) mass is 144 g/mol. The van der Waals surface area contributed by atoms with Gasteiger partial charge >= 0.3 is 0 Å². The summed E-state index contributed by atoms with van der Waals surface area (Å²) in [4.78, 5) is 0. The van der Waals surface area contributed by atoms with Gasteiger partial charge in [-0.1, -0.05) is 20.4 Å². The third-order valence-corrected chi connectivity index (χ3v) is 1.37. The zero-order chi connectivity index (χ0) is 7.11. The minimum Gasteiger partial charge on any atom is -0.273 e. The SMILES string of the molecule is C=C1NN=CCS1.CC. The van der Waals surface area contributed by atoms with Crippen LogP contribution in [-0.2, 0) is 0 Å². The van der Waals surface area contributed by atoms with Crippen LogP contribution in [0.25, 0.3) is 0 Å². The Morgan fingerprint density at radius 3 is 2.67 bits per heavy atom. The van der Waals surface area contributed by atoms with Crippen LogP contribution < -0.4 is 5.43 Å². The lowest BCUT2D eigenvalue weighted by Crippen LogP contribution is -2.07. The number of hydrazone groups is 1. The number of nitrogens with one attached hydrogen (secondary N) is 1. The summed E-state index contributed by atoms with van der Waals surface area (Å²) < 4.78 is 0. The van der Waals surface area contributed by atoms with Crippen LogP contribution in [0.2, 0.25) is 0 Å². The maximum absolute atomic E-state index is 3.76. The van der Waals surface area contributed by atoms with Gasteiger partial charge in [0.05, 0.1) is 5.03 Å². The smallest absolute Gasteiger partial charge is 0.0823 e. The lowest BCUT2D eigenvalue weighted by atomic mass is 10.9. The Morgan fingerprint density at radius 2 is 2.44 bits per heavy atom. The topological polar surface area (TPSA) is 24.4 Å². The van der Waals surface area contributed by atoms with E-state index in [1.807, 2.05) is 20.1 Å². The van der Waals surface area contributed by atoms with E-state index in [-0.39, 0.29) is 0 Å². The van der Waals surface area contributed by atoms with Crippen molar-refractivity contribution in [1.82, 2.24) is 5.43 Å². The average Bonchev–Trinajstić information content (AvgIpc) is 1.94. The zero-order valence-corrected chi connectivity index (χ0v) is 6.66. The minimum atomic E-state index is 0.933. The van der Waals surface area contributed by atoms with E-state index in [0.717, 1.165) is 10.8 Å². The van der Waals surface area contributed by atoms with Crippen LogP contribution in [0.5, 0.6) is 0 Å². The van der Waals surface area contributed by atoms with Crippen molar-refractivity contribution < 1.29 is 0 Å². The Hall–Kier alpha value is -0.440. The molecule has 2 nitrogen and oxygen atoms in total. The van der Waals surface area contributed by atoms with Gasteiger partial charge in [0.15, 0.2) is 0 Å². The molecule has 1 N–H and O–H groups in total. The van der Waals surface area contributed by atoms with Crippen molar-refractivity contribution in [3.05, 3.63) is 11.6 Å². The van der Waals surface area contributed by atoms with Gasteiger partial charge in [-0.3, -0.25) is 5.43 Å². The molecule has 0 atom stereocenters. The van der Waals surface area contributed by atoms with Crippen molar-refractivity contribution in [2.45, 2.75) is 13.8 Å². The van der Waals surface area contributed by atoms with Crippen molar-refractivity contribution in [2.75, 3.05) is 5.75 Å². The van der Waals surface area contributed by atoms with Gasteiger partial charge in [-0.05, 0) is 0 Å². The first-order valence-corrected chi connectivity index (χ1v) is 3.97. The first-order valence-electron chi connectivity index (χ1n) is 2.99. The molecule has 0 aliphatic carbocycles. The van der Waals surface area contributed by atoms with E-state index in [2.05, 4.69) is 17.1 Å². The zero-order valence-electron chi connectivity index (χ0n) is 5.85. The lowest BCUT2D eigenvalue weighted by molar-refractivity contribution is 0.954. The maximum atomic E-state index is 3.76. The molecular weight excluding hydrogens is 132 g/mol. The molecule has 52 valence electrons. The molecule has 0 aromatic carbocycles. The normalized spacial score (nSPS) is 15.6. The van der Waals surface area contributed by atoms with E-state index in [1.54, 1.807) is 11.8 Å². The molecule has 1 aliphatic heterocycles. The minimum absolute atomic E-state index is 0.933. The number of thioether (sulfide) groups is 1. The van der Waals surface area contributed by atoms with Crippen LogP contribution in [-0.4, -0.2) is 12.0 Å². The molecule has 0 unspecified atom stereocenters. The van der Waals surface area contributed by atoms with Crippen molar-refractivity contribution in [3.63, 3.8) is 0 Å². The van der Waals surface area contributed by atoms with Gasteiger partial charge in [-0.15, -0.1) is 11.8 Å². The molecule has 0 aromatic rings. The van der Waals surface area contributed by atoms with Gasteiger partial charge in [0, 0.05) is 12.0 Å². The summed E-state index contributed by atoms with van der Waals surface area (Å²) in [6, 6.07) is 0. The predicted octanol–water partition coefficient (Wildman–Crippen LogP) is 1.81. The Kier molecular flexibility index (Phi) is 5.41. The van der Waals surface area contributed by atoms with Crippen molar-refractivity contribution in [2.24, 2.45) is 5.10 Å². The van der Waals surface area contributed by atoms with Gasteiger partial charge in [0.2, 0.25) is 0 Å².